The van der Waals surface area contributed by atoms with Crippen molar-refractivity contribution in [3.05, 3.63) is 168 Å². The number of aromatic hydroxyl groups is 2. The number of phenols is 2. The van der Waals surface area contributed by atoms with Crippen LogP contribution < -0.4 is 21.1 Å². The molecule has 0 bridgehead atoms. The van der Waals surface area contributed by atoms with E-state index in [0.29, 0.717) is 11.5 Å². The number of hydrogen-bond donors (Lipinski definition) is 8. The molecule has 0 aliphatic carbocycles. The lowest BCUT2D eigenvalue weighted by molar-refractivity contribution is 0.474. The van der Waals surface area contributed by atoms with Gasteiger partial charge in [0, 0.05) is 45.6 Å². The Labute approximate surface area is 365 Å². The lowest BCUT2D eigenvalue weighted by Gasteiger charge is -2.08. The van der Waals surface area contributed by atoms with Crippen LogP contribution >= 0.6 is 10.7 Å². The van der Waals surface area contributed by atoms with E-state index < -0.39 is 30.7 Å². The number of rotatable bonds is 10. The fraction of sp³-hybridized carbons (Fsp3) is 0.0455. The second-order valence-corrected chi connectivity index (χ2v) is 18.0. The summed E-state index contributed by atoms with van der Waals surface area (Å²) >= 11 is 0. The number of hydrogen-bond acceptors (Lipinski definition) is 11. The molecule has 8 rings (SSSR count). The van der Waals surface area contributed by atoms with Crippen LogP contribution in [0.5, 0.6) is 11.5 Å². The van der Waals surface area contributed by atoms with Crippen molar-refractivity contribution in [1.29, 1.82) is 0 Å². The van der Waals surface area contributed by atoms with Gasteiger partial charge in [0.05, 0.1) is 21.2 Å². The first kappa shape index (κ1) is 45.1. The summed E-state index contributed by atoms with van der Waals surface area (Å²) in [6, 6.07) is 37.2. The second-order valence-electron chi connectivity index (χ2n) is 13.7. The van der Waals surface area contributed by atoms with E-state index in [0.717, 1.165) is 92.9 Å². The molecule has 0 aliphatic heterocycles. The Hall–Kier alpha value is -7.41. The third kappa shape index (κ3) is 12.6. The van der Waals surface area contributed by atoms with E-state index in [1.165, 1.54) is 12.1 Å². The number of phenolic OH excluding ortho intramolecular Hbond substituents is 2. The third-order valence-corrected chi connectivity index (χ3v) is 11.8. The molecule has 0 saturated carbocycles. The molecule has 0 amide bonds. The zero-order valence-electron chi connectivity index (χ0n) is 33.3. The number of anilines is 6. The molecule has 2 aromatic heterocycles. The average Bonchev–Trinajstić information content (AvgIpc) is 3.91. The predicted octanol–water partition coefficient (Wildman–Crippen LogP) is 9.94. The normalized spacial score (nSPS) is 11.1. The van der Waals surface area contributed by atoms with Crippen molar-refractivity contribution in [3.8, 4) is 34.0 Å². The molecule has 0 spiro atoms. The van der Waals surface area contributed by atoms with Crippen LogP contribution in [0.25, 0.3) is 22.5 Å². The summed E-state index contributed by atoms with van der Waals surface area (Å²) in [4.78, 5) is -0.118. The van der Waals surface area contributed by atoms with Gasteiger partial charge in [0.25, 0.3) is 19.1 Å². The maximum absolute atomic E-state index is 13.0. The van der Waals surface area contributed by atoms with Crippen LogP contribution in [0.3, 0.4) is 0 Å². The minimum absolute atomic E-state index is 0.0215. The number of benzene rings is 6. The number of nitrogen functional groups attached to an aromatic ring is 1. The average molecular weight is 913 g/mol. The highest BCUT2D eigenvalue weighted by atomic mass is 35.7. The minimum Gasteiger partial charge on any atom is -0.508 e. The fourth-order valence-electron chi connectivity index (χ4n) is 5.72. The number of nitrogens with one attached hydrogen (secondary N) is 5. The molecule has 8 aromatic rings. The maximum atomic E-state index is 13.0. The SMILES string of the molecule is Cc1cc(O)ccc1Nc1cc(-c2ccc(N)cc2)[nH]n1.Cc1cc(O)ccc1Nc1cc(-c2ccc(NS(=O)(=O)c3ccc(F)cc3)cc2)[nH]n1.O=S(=O)(Cl)c1ccc(F)cc1. The van der Waals surface area contributed by atoms with E-state index in [1.807, 2.05) is 56.3 Å². The van der Waals surface area contributed by atoms with Crippen LogP contribution in [0.2, 0.25) is 0 Å². The van der Waals surface area contributed by atoms with Crippen LogP contribution in [-0.4, -0.2) is 47.4 Å². The molecule has 0 aliphatic rings. The zero-order valence-corrected chi connectivity index (χ0v) is 35.7. The summed E-state index contributed by atoms with van der Waals surface area (Å²) in [5.41, 5.74) is 13.8. The second kappa shape index (κ2) is 19.5. The molecule has 0 saturated heterocycles. The van der Waals surface area contributed by atoms with E-state index >= 15 is 0 Å². The summed E-state index contributed by atoms with van der Waals surface area (Å²) in [6.07, 6.45) is 0. The molecule has 63 heavy (non-hydrogen) atoms. The quantitative estimate of drug-likeness (QED) is 0.0366. The first-order valence-corrected chi connectivity index (χ1v) is 22.4. The Bertz CT molecular complexity index is 3040. The minimum atomic E-state index is -3.81. The van der Waals surface area contributed by atoms with Gasteiger partial charge in [-0.15, -0.1) is 0 Å². The maximum Gasteiger partial charge on any atom is 0.261 e. The number of nitrogens with two attached hydrogens (primary N) is 1. The molecule has 0 unspecified atom stereocenters. The standard InChI is InChI=1S/C22H19FN4O3S.C16H16N4O.C6H4ClFO2S/c1-14-12-18(28)8-11-20(14)24-22-13-21(25-26-22)15-2-6-17(7-3-15)27-31(29,30)19-9-4-16(23)5-10-19;1-10-8-13(21)6-7-14(10)18-16-9-15(19-20-16)11-2-4-12(17)5-3-11;7-11(9,10)6-3-1-5(8)2-4-6/h2-13,27-28H,1H3,(H2,24,25,26);2-9,21H,17H2,1H3,(H2,18,19,20);1-4H. The van der Waals surface area contributed by atoms with Crippen LogP contribution in [0.15, 0.2) is 155 Å². The summed E-state index contributed by atoms with van der Waals surface area (Å²) in [5.74, 6) is 0.774. The van der Waals surface area contributed by atoms with Gasteiger partial charge in [-0.3, -0.25) is 14.9 Å². The number of aromatic nitrogens is 4. The van der Waals surface area contributed by atoms with E-state index in [-0.39, 0.29) is 21.3 Å². The molecule has 0 radical (unpaired) electrons. The lowest BCUT2D eigenvalue weighted by atomic mass is 10.1. The molecule has 324 valence electrons. The molecule has 0 fully saturated rings. The van der Waals surface area contributed by atoms with Gasteiger partial charge in [-0.1, -0.05) is 24.3 Å². The summed E-state index contributed by atoms with van der Waals surface area (Å²) in [7, 11) is -2.56. The van der Waals surface area contributed by atoms with Gasteiger partial charge in [0.1, 0.15) is 23.1 Å². The van der Waals surface area contributed by atoms with Crippen molar-refractivity contribution in [2.45, 2.75) is 23.6 Å². The van der Waals surface area contributed by atoms with Crippen LogP contribution in [-0.2, 0) is 19.1 Å². The number of H-pyrrole nitrogens is 2. The lowest BCUT2D eigenvalue weighted by Crippen LogP contribution is -2.12. The largest absolute Gasteiger partial charge is 0.508 e. The van der Waals surface area contributed by atoms with Crippen molar-refractivity contribution >= 4 is 64.1 Å². The fourth-order valence-corrected chi connectivity index (χ4v) is 7.55. The van der Waals surface area contributed by atoms with Crippen LogP contribution in [0, 0.1) is 25.5 Å². The predicted molar refractivity (Wildman–Crippen MR) is 241 cm³/mol. The Morgan fingerprint density at radius 3 is 1.40 bits per heavy atom. The number of aryl methyl sites for hydroxylation is 2. The van der Waals surface area contributed by atoms with E-state index in [9.17, 15) is 35.8 Å². The summed E-state index contributed by atoms with van der Waals surface area (Å²) < 4.78 is 73.8. The van der Waals surface area contributed by atoms with Gasteiger partial charge in [-0.05, 0) is 145 Å². The number of aromatic amines is 2. The smallest absolute Gasteiger partial charge is 0.261 e. The van der Waals surface area contributed by atoms with Crippen molar-refractivity contribution in [2.24, 2.45) is 0 Å². The highest BCUT2D eigenvalue weighted by molar-refractivity contribution is 8.13. The Kier molecular flexibility index (Phi) is 14.0. The molecule has 9 N–H and O–H groups in total. The van der Waals surface area contributed by atoms with Crippen molar-refractivity contribution in [2.75, 3.05) is 21.1 Å². The van der Waals surface area contributed by atoms with Crippen molar-refractivity contribution in [1.82, 2.24) is 20.4 Å². The van der Waals surface area contributed by atoms with Crippen molar-refractivity contribution in [3.63, 3.8) is 0 Å². The van der Waals surface area contributed by atoms with Gasteiger partial charge in [-0.2, -0.15) is 10.2 Å². The Morgan fingerprint density at radius 1 is 0.571 bits per heavy atom. The van der Waals surface area contributed by atoms with Crippen LogP contribution in [0.1, 0.15) is 11.1 Å². The highest BCUT2D eigenvalue weighted by Crippen LogP contribution is 2.29. The Balaban J connectivity index is 0.000000177. The van der Waals surface area contributed by atoms with Gasteiger partial charge >= 0.3 is 0 Å². The summed E-state index contributed by atoms with van der Waals surface area (Å²) in [5, 5.41) is 39.8. The molecule has 0 atom stereocenters. The highest BCUT2D eigenvalue weighted by Gasteiger charge is 2.15. The molecule has 6 aromatic carbocycles. The Morgan fingerprint density at radius 2 is 0.984 bits per heavy atom. The molecular formula is C44H39ClF2N8O6S2. The van der Waals surface area contributed by atoms with Gasteiger partial charge < -0.3 is 26.6 Å². The first-order chi connectivity index (χ1) is 29.9. The van der Waals surface area contributed by atoms with Crippen LogP contribution in [0.4, 0.5) is 43.2 Å². The molecule has 14 nitrogen and oxygen atoms in total. The van der Waals surface area contributed by atoms with Gasteiger partial charge in [0.2, 0.25) is 0 Å². The first-order valence-electron chi connectivity index (χ1n) is 18.6. The molecule has 19 heteroatoms. The van der Waals surface area contributed by atoms with E-state index in [4.69, 9.17) is 16.4 Å². The molecule has 2 heterocycles. The van der Waals surface area contributed by atoms with Crippen molar-refractivity contribution < 1.29 is 35.8 Å². The number of nitrogens with zero attached hydrogens (tertiary/aromatic N) is 2. The zero-order chi connectivity index (χ0) is 45.3. The van der Waals surface area contributed by atoms with E-state index in [2.05, 4.69) is 35.8 Å². The third-order valence-electron chi connectivity index (χ3n) is 8.99. The van der Waals surface area contributed by atoms with E-state index in [1.54, 1.807) is 54.6 Å². The topological polar surface area (TPSA) is 228 Å². The number of halogens is 3. The summed E-state index contributed by atoms with van der Waals surface area (Å²) in [6.45, 7) is 3.80. The molecular weight excluding hydrogens is 874 g/mol. The number of sulfonamides is 1. The van der Waals surface area contributed by atoms with Gasteiger partial charge in [0.15, 0.2) is 11.6 Å². The monoisotopic (exact) mass is 912 g/mol. The van der Waals surface area contributed by atoms with Gasteiger partial charge in [-0.25, -0.2) is 25.6 Å².